The molecule has 5 nitrogen and oxygen atoms in total. The van der Waals surface area contributed by atoms with E-state index in [2.05, 4.69) is 4.98 Å². The van der Waals surface area contributed by atoms with Crippen molar-refractivity contribution in [3.05, 3.63) is 23.4 Å². The maximum absolute atomic E-state index is 12.5. The van der Waals surface area contributed by atoms with Crippen molar-refractivity contribution < 1.29 is 18.0 Å². The predicted molar refractivity (Wildman–Crippen MR) is 57.9 cm³/mol. The van der Waals surface area contributed by atoms with E-state index in [1.165, 1.54) is 4.90 Å². The van der Waals surface area contributed by atoms with Crippen LogP contribution in [-0.4, -0.2) is 30.0 Å². The van der Waals surface area contributed by atoms with Crippen LogP contribution < -0.4 is 16.4 Å². The molecule has 2 rings (SSSR count). The molecule has 1 aromatic rings. The van der Waals surface area contributed by atoms with Crippen molar-refractivity contribution in [3.63, 3.8) is 0 Å². The topological polar surface area (TPSA) is 85.2 Å². The van der Waals surface area contributed by atoms with Crippen molar-refractivity contribution in [1.29, 1.82) is 0 Å². The van der Waals surface area contributed by atoms with Crippen LogP contribution in [0.5, 0.6) is 0 Å². The second-order valence-electron chi connectivity index (χ2n) is 4.09. The summed E-state index contributed by atoms with van der Waals surface area (Å²) in [5, 5.41) is 0. The molecule has 0 atom stereocenters. The first-order chi connectivity index (χ1) is 8.29. The summed E-state index contributed by atoms with van der Waals surface area (Å²) in [5.74, 6) is -0.870. The number of hydrogen-bond donors (Lipinski definition) is 2. The molecule has 0 aliphatic carbocycles. The number of carbonyl (C=O) groups is 1. The predicted octanol–water partition coefficient (Wildman–Crippen LogP) is 0.347. The molecule has 0 spiro atoms. The van der Waals surface area contributed by atoms with Crippen LogP contribution in [0.25, 0.3) is 0 Å². The molecule has 0 saturated carbocycles. The Labute approximate surface area is 101 Å². The van der Waals surface area contributed by atoms with Gasteiger partial charge in [-0.1, -0.05) is 0 Å². The van der Waals surface area contributed by atoms with E-state index in [4.69, 9.17) is 11.5 Å². The van der Waals surface area contributed by atoms with Gasteiger partial charge < -0.3 is 16.4 Å². The molecule has 0 unspecified atom stereocenters. The number of alkyl halides is 3. The summed E-state index contributed by atoms with van der Waals surface area (Å²) >= 11 is 0. The number of anilines is 1. The highest BCUT2D eigenvalue weighted by Crippen LogP contribution is 2.31. The van der Waals surface area contributed by atoms with Gasteiger partial charge in [0.2, 0.25) is 0 Å². The van der Waals surface area contributed by atoms with Crippen molar-refractivity contribution in [2.24, 2.45) is 11.5 Å². The lowest BCUT2D eigenvalue weighted by Gasteiger charge is -2.38. The standard InChI is InChI=1S/C10H11F3N4O/c11-10(12,13)7-2-1-6(8(15)18)9(16-7)17-3-5(14)4-17/h1-2,5H,3-4,14H2,(H2,15,18). The first-order valence-corrected chi connectivity index (χ1v) is 5.17. The van der Waals surface area contributed by atoms with E-state index in [1.54, 1.807) is 0 Å². The number of hydrogen-bond acceptors (Lipinski definition) is 4. The summed E-state index contributed by atoms with van der Waals surface area (Å²) in [5.41, 5.74) is 9.57. The summed E-state index contributed by atoms with van der Waals surface area (Å²) in [6, 6.07) is 1.66. The zero-order valence-corrected chi connectivity index (χ0v) is 9.24. The molecule has 0 radical (unpaired) electrons. The number of nitrogens with zero attached hydrogens (tertiary/aromatic N) is 2. The lowest BCUT2D eigenvalue weighted by molar-refractivity contribution is -0.141. The molecule has 1 aromatic heterocycles. The smallest absolute Gasteiger partial charge is 0.365 e. The van der Waals surface area contributed by atoms with Gasteiger partial charge in [0, 0.05) is 19.1 Å². The maximum Gasteiger partial charge on any atom is 0.433 e. The second-order valence-corrected chi connectivity index (χ2v) is 4.09. The molecule has 98 valence electrons. The maximum atomic E-state index is 12.5. The van der Waals surface area contributed by atoms with Gasteiger partial charge in [0.25, 0.3) is 5.91 Å². The van der Waals surface area contributed by atoms with E-state index >= 15 is 0 Å². The average molecular weight is 260 g/mol. The van der Waals surface area contributed by atoms with E-state index in [0.29, 0.717) is 13.1 Å². The quantitative estimate of drug-likeness (QED) is 0.803. The first kappa shape index (κ1) is 12.6. The van der Waals surface area contributed by atoms with Crippen molar-refractivity contribution in [1.82, 2.24) is 4.98 Å². The third-order valence-electron chi connectivity index (χ3n) is 2.64. The molecule has 0 aromatic carbocycles. The Morgan fingerprint density at radius 3 is 2.44 bits per heavy atom. The molecule has 1 aliphatic rings. The van der Waals surface area contributed by atoms with Gasteiger partial charge in [0.05, 0.1) is 5.56 Å². The SMILES string of the molecule is NC(=O)c1ccc(C(F)(F)F)nc1N1CC(N)C1. The normalized spacial score (nSPS) is 16.6. The van der Waals surface area contributed by atoms with Crippen LogP contribution in [0.2, 0.25) is 0 Å². The van der Waals surface area contributed by atoms with Crippen LogP contribution in [0.15, 0.2) is 12.1 Å². The zero-order chi connectivity index (χ0) is 13.5. The first-order valence-electron chi connectivity index (χ1n) is 5.17. The Kier molecular flexibility index (Phi) is 2.89. The number of primary amides is 1. The molecule has 0 bridgehead atoms. The summed E-state index contributed by atoms with van der Waals surface area (Å²) < 4.78 is 37.6. The third-order valence-corrected chi connectivity index (χ3v) is 2.64. The van der Waals surface area contributed by atoms with Crippen LogP contribution >= 0.6 is 0 Å². The Hall–Kier alpha value is -1.83. The minimum absolute atomic E-state index is 0.0325. The van der Waals surface area contributed by atoms with E-state index in [0.717, 1.165) is 12.1 Å². The van der Waals surface area contributed by atoms with Gasteiger partial charge in [0.1, 0.15) is 11.5 Å². The van der Waals surface area contributed by atoms with Crippen LogP contribution in [0, 0.1) is 0 Å². The summed E-state index contributed by atoms with van der Waals surface area (Å²) in [6.45, 7) is 0.711. The molecular weight excluding hydrogens is 249 g/mol. The fourth-order valence-electron chi connectivity index (χ4n) is 1.73. The monoisotopic (exact) mass is 260 g/mol. The molecule has 4 N–H and O–H groups in total. The molecule has 1 aliphatic heterocycles. The van der Waals surface area contributed by atoms with Gasteiger partial charge in [-0.15, -0.1) is 0 Å². The highest BCUT2D eigenvalue weighted by Gasteiger charge is 2.35. The van der Waals surface area contributed by atoms with Crippen molar-refractivity contribution in [2.45, 2.75) is 12.2 Å². The van der Waals surface area contributed by atoms with Crippen molar-refractivity contribution in [2.75, 3.05) is 18.0 Å². The number of amides is 1. The molecule has 2 heterocycles. The fraction of sp³-hybridized carbons (Fsp3) is 0.400. The van der Waals surface area contributed by atoms with Crippen LogP contribution in [0.4, 0.5) is 19.0 Å². The molecule has 1 saturated heterocycles. The lowest BCUT2D eigenvalue weighted by atomic mass is 10.1. The number of rotatable bonds is 2. The highest BCUT2D eigenvalue weighted by atomic mass is 19.4. The summed E-state index contributed by atoms with van der Waals surface area (Å²) in [4.78, 5) is 16.1. The molecular formula is C10H11F3N4O. The molecule has 1 amide bonds. The molecule has 8 heteroatoms. The number of aromatic nitrogens is 1. The molecule has 18 heavy (non-hydrogen) atoms. The minimum Gasteiger partial charge on any atom is -0.365 e. The van der Waals surface area contributed by atoms with Gasteiger partial charge >= 0.3 is 6.18 Å². The number of pyridine rings is 1. The summed E-state index contributed by atoms with van der Waals surface area (Å²) in [6.07, 6.45) is -4.56. The number of nitrogens with two attached hydrogens (primary N) is 2. The van der Waals surface area contributed by atoms with E-state index in [9.17, 15) is 18.0 Å². The van der Waals surface area contributed by atoms with Gasteiger partial charge in [-0.05, 0) is 12.1 Å². The van der Waals surface area contributed by atoms with Crippen LogP contribution in [0.3, 0.4) is 0 Å². The highest BCUT2D eigenvalue weighted by molar-refractivity contribution is 5.97. The van der Waals surface area contributed by atoms with Gasteiger partial charge in [-0.25, -0.2) is 4.98 Å². The zero-order valence-electron chi connectivity index (χ0n) is 9.24. The minimum atomic E-state index is -4.56. The van der Waals surface area contributed by atoms with Gasteiger partial charge in [-0.3, -0.25) is 4.79 Å². The van der Waals surface area contributed by atoms with Gasteiger partial charge in [-0.2, -0.15) is 13.2 Å². The Balaban J connectivity index is 2.42. The van der Waals surface area contributed by atoms with Crippen LogP contribution in [0.1, 0.15) is 16.1 Å². The number of halogens is 3. The number of carbonyl (C=O) groups excluding carboxylic acids is 1. The van der Waals surface area contributed by atoms with E-state index in [-0.39, 0.29) is 17.4 Å². The Morgan fingerprint density at radius 1 is 1.39 bits per heavy atom. The van der Waals surface area contributed by atoms with Crippen molar-refractivity contribution in [3.8, 4) is 0 Å². The molecule has 1 fully saturated rings. The fourth-order valence-corrected chi connectivity index (χ4v) is 1.73. The largest absolute Gasteiger partial charge is 0.433 e. The average Bonchev–Trinajstić information content (AvgIpc) is 2.22. The Morgan fingerprint density at radius 2 is 2.00 bits per heavy atom. The Bertz CT molecular complexity index is 483. The van der Waals surface area contributed by atoms with E-state index in [1.807, 2.05) is 0 Å². The van der Waals surface area contributed by atoms with Crippen molar-refractivity contribution >= 4 is 11.7 Å². The van der Waals surface area contributed by atoms with Gasteiger partial charge in [0.15, 0.2) is 0 Å². The summed E-state index contributed by atoms with van der Waals surface area (Å²) in [7, 11) is 0. The van der Waals surface area contributed by atoms with Crippen LogP contribution in [-0.2, 0) is 6.18 Å². The second kappa shape index (κ2) is 4.13. The lowest BCUT2D eigenvalue weighted by Crippen LogP contribution is -2.56. The third kappa shape index (κ3) is 2.23. The van der Waals surface area contributed by atoms with E-state index < -0.39 is 17.8 Å².